The number of hydrogen-bond acceptors (Lipinski definition) is 2. The maximum Gasteiger partial charge on any atom is 0.224 e. The van der Waals surface area contributed by atoms with Crippen molar-refractivity contribution in [1.82, 2.24) is 0 Å². The van der Waals surface area contributed by atoms with Crippen molar-refractivity contribution in [3.05, 3.63) is 56.5 Å². The minimum Gasteiger partial charge on any atom is -0.325 e. The van der Waals surface area contributed by atoms with E-state index >= 15 is 0 Å². The molecule has 162 valence electrons. The van der Waals surface area contributed by atoms with Crippen LogP contribution >= 0.6 is 31.9 Å². The first kappa shape index (κ1) is 24.6. The average Bonchev–Trinajstić information content (AvgIpc) is 2.68. The van der Waals surface area contributed by atoms with Crippen LogP contribution in [0.4, 0.5) is 11.4 Å². The molecule has 6 heteroatoms. The zero-order valence-electron chi connectivity index (χ0n) is 17.7. The first-order valence-electron chi connectivity index (χ1n) is 10.5. The van der Waals surface area contributed by atoms with E-state index in [-0.39, 0.29) is 11.8 Å². The molecule has 30 heavy (non-hydrogen) atoms. The number of nitrogens with one attached hydrogen (secondary N) is 2. The van der Waals surface area contributed by atoms with E-state index in [1.165, 1.54) is 0 Å². The van der Waals surface area contributed by atoms with Crippen molar-refractivity contribution in [2.75, 3.05) is 10.6 Å². The van der Waals surface area contributed by atoms with Gasteiger partial charge >= 0.3 is 0 Å². The fourth-order valence-corrected chi connectivity index (χ4v) is 4.33. The lowest BCUT2D eigenvalue weighted by atomic mass is 10.1. The molecule has 0 unspecified atom stereocenters. The summed E-state index contributed by atoms with van der Waals surface area (Å²) in [5.41, 5.74) is 3.95. The summed E-state index contributed by atoms with van der Waals surface area (Å²) in [5, 5.41) is 5.91. The number of unbranched alkanes of at least 4 members (excludes halogenated alkanes) is 5. The molecule has 2 amide bonds. The normalized spacial score (nSPS) is 10.7. The van der Waals surface area contributed by atoms with Crippen LogP contribution in [0.5, 0.6) is 0 Å². The van der Waals surface area contributed by atoms with Crippen LogP contribution in [-0.4, -0.2) is 11.8 Å². The number of rotatable bonds is 11. The van der Waals surface area contributed by atoms with Gasteiger partial charge in [-0.1, -0.05) is 37.8 Å². The molecule has 0 aliphatic rings. The fraction of sp³-hybridized carbons (Fsp3) is 0.417. The predicted octanol–water partition coefficient (Wildman–Crippen LogP) is 7.53. The van der Waals surface area contributed by atoms with Crippen LogP contribution in [0.1, 0.15) is 62.5 Å². The monoisotopic (exact) mass is 536 g/mol. The van der Waals surface area contributed by atoms with E-state index in [4.69, 9.17) is 0 Å². The first-order valence-corrected chi connectivity index (χ1v) is 12.1. The van der Waals surface area contributed by atoms with Gasteiger partial charge in [0.1, 0.15) is 0 Å². The van der Waals surface area contributed by atoms with Crippen molar-refractivity contribution in [2.45, 2.75) is 65.2 Å². The van der Waals surface area contributed by atoms with E-state index in [9.17, 15) is 9.59 Å². The molecule has 0 fully saturated rings. The lowest BCUT2D eigenvalue weighted by Crippen LogP contribution is -2.11. The average molecular weight is 538 g/mol. The topological polar surface area (TPSA) is 58.2 Å². The van der Waals surface area contributed by atoms with Gasteiger partial charge in [-0.2, -0.15) is 0 Å². The Kier molecular flexibility index (Phi) is 10.6. The fourth-order valence-electron chi connectivity index (χ4n) is 3.15. The van der Waals surface area contributed by atoms with E-state index in [1.807, 2.05) is 50.2 Å². The summed E-state index contributed by atoms with van der Waals surface area (Å²) >= 11 is 6.96. The highest BCUT2D eigenvalue weighted by Crippen LogP contribution is 2.24. The molecule has 2 rings (SSSR count). The lowest BCUT2D eigenvalue weighted by Gasteiger charge is -2.09. The molecule has 0 bridgehead atoms. The number of carbonyl (C=O) groups excluding carboxylic acids is 2. The molecule has 0 saturated heterocycles. The molecule has 0 spiro atoms. The number of hydrogen-bond donors (Lipinski definition) is 2. The Balaban J connectivity index is 1.51. The highest BCUT2D eigenvalue weighted by Gasteiger charge is 2.07. The highest BCUT2D eigenvalue weighted by atomic mass is 79.9. The third-order valence-corrected chi connectivity index (χ3v) is 6.17. The van der Waals surface area contributed by atoms with Crippen LogP contribution in [0.15, 0.2) is 45.3 Å². The molecule has 2 N–H and O–H groups in total. The number of amides is 2. The smallest absolute Gasteiger partial charge is 0.224 e. The molecule has 2 aromatic carbocycles. The Hall–Kier alpha value is -1.66. The van der Waals surface area contributed by atoms with Gasteiger partial charge < -0.3 is 10.6 Å². The summed E-state index contributed by atoms with van der Waals surface area (Å²) < 4.78 is 1.82. The van der Waals surface area contributed by atoms with Crippen LogP contribution in [0.2, 0.25) is 0 Å². The third kappa shape index (κ3) is 9.00. The van der Waals surface area contributed by atoms with E-state index in [0.717, 1.165) is 70.0 Å². The summed E-state index contributed by atoms with van der Waals surface area (Å²) in [6, 6.07) is 11.8. The maximum atomic E-state index is 12.1. The number of benzene rings is 2. The number of halogens is 2. The number of carbonyl (C=O) groups is 2. The number of aryl methyl sites for hydroxylation is 2. The van der Waals surface area contributed by atoms with Crippen molar-refractivity contribution >= 4 is 55.0 Å². The maximum absolute atomic E-state index is 12.1. The van der Waals surface area contributed by atoms with Gasteiger partial charge in [0.15, 0.2) is 0 Å². The van der Waals surface area contributed by atoms with E-state index < -0.39 is 0 Å². The Morgan fingerprint density at radius 3 is 1.40 bits per heavy atom. The molecule has 0 aliphatic carbocycles. The largest absolute Gasteiger partial charge is 0.325 e. The quantitative estimate of drug-likeness (QED) is 0.291. The van der Waals surface area contributed by atoms with Gasteiger partial charge in [-0.15, -0.1) is 0 Å². The summed E-state index contributed by atoms with van der Waals surface area (Å²) in [6.07, 6.45) is 7.09. The second-order valence-corrected chi connectivity index (χ2v) is 9.39. The highest BCUT2D eigenvalue weighted by molar-refractivity contribution is 9.11. The van der Waals surface area contributed by atoms with Crippen molar-refractivity contribution in [2.24, 2.45) is 0 Å². The molecular weight excluding hydrogens is 508 g/mol. The van der Waals surface area contributed by atoms with Crippen molar-refractivity contribution < 1.29 is 9.59 Å². The standard InChI is InChI=1S/C24H30Br2N2O2/c1-17-11-13-21(19(25)15-17)27-23(29)9-7-5-3-4-6-8-10-24(30)28-22-14-12-18(2)16-20(22)26/h11-16H,3-10H2,1-2H3,(H,27,29)(H,28,30). The van der Waals surface area contributed by atoms with Gasteiger partial charge in [0.2, 0.25) is 11.8 Å². The van der Waals surface area contributed by atoms with Crippen LogP contribution in [0.25, 0.3) is 0 Å². The van der Waals surface area contributed by atoms with Crippen molar-refractivity contribution in [3.63, 3.8) is 0 Å². The number of anilines is 2. The van der Waals surface area contributed by atoms with E-state index in [2.05, 4.69) is 42.5 Å². The van der Waals surface area contributed by atoms with Gasteiger partial charge in [0, 0.05) is 21.8 Å². The lowest BCUT2D eigenvalue weighted by molar-refractivity contribution is -0.117. The molecule has 0 radical (unpaired) electrons. The second kappa shape index (κ2) is 12.9. The zero-order chi connectivity index (χ0) is 21.9. The molecule has 2 aromatic rings. The van der Waals surface area contributed by atoms with Gasteiger partial charge in [-0.25, -0.2) is 0 Å². The molecule has 0 aliphatic heterocycles. The summed E-state index contributed by atoms with van der Waals surface area (Å²) in [6.45, 7) is 4.04. The van der Waals surface area contributed by atoms with Gasteiger partial charge in [-0.05, 0) is 93.9 Å². The minimum atomic E-state index is 0.0542. The van der Waals surface area contributed by atoms with Gasteiger partial charge in [-0.3, -0.25) is 9.59 Å². The molecule has 0 heterocycles. The minimum absolute atomic E-state index is 0.0542. The van der Waals surface area contributed by atoms with Gasteiger partial charge in [0.25, 0.3) is 0 Å². The third-order valence-electron chi connectivity index (χ3n) is 4.86. The second-order valence-electron chi connectivity index (χ2n) is 7.68. The Labute approximate surface area is 196 Å². The molecule has 4 nitrogen and oxygen atoms in total. The molecule has 0 atom stereocenters. The van der Waals surface area contributed by atoms with Crippen molar-refractivity contribution in [1.29, 1.82) is 0 Å². The van der Waals surface area contributed by atoms with Crippen LogP contribution in [-0.2, 0) is 9.59 Å². The zero-order valence-corrected chi connectivity index (χ0v) is 20.9. The van der Waals surface area contributed by atoms with Crippen LogP contribution in [0.3, 0.4) is 0 Å². The first-order chi connectivity index (χ1) is 14.3. The Bertz CT molecular complexity index is 797. The molecule has 0 aromatic heterocycles. The van der Waals surface area contributed by atoms with E-state index in [1.54, 1.807) is 0 Å². The van der Waals surface area contributed by atoms with Crippen LogP contribution in [0, 0.1) is 13.8 Å². The Morgan fingerprint density at radius 1 is 0.667 bits per heavy atom. The Morgan fingerprint density at radius 2 is 1.03 bits per heavy atom. The predicted molar refractivity (Wildman–Crippen MR) is 132 cm³/mol. The van der Waals surface area contributed by atoms with Crippen LogP contribution < -0.4 is 10.6 Å². The summed E-state index contributed by atoms with van der Waals surface area (Å²) in [4.78, 5) is 24.1. The van der Waals surface area contributed by atoms with Crippen molar-refractivity contribution in [3.8, 4) is 0 Å². The van der Waals surface area contributed by atoms with Gasteiger partial charge in [0.05, 0.1) is 11.4 Å². The van der Waals surface area contributed by atoms with E-state index in [0.29, 0.717) is 12.8 Å². The molecular formula is C24H30Br2N2O2. The SMILES string of the molecule is Cc1ccc(NC(=O)CCCCCCCCC(=O)Nc2ccc(C)cc2Br)c(Br)c1. The summed E-state index contributed by atoms with van der Waals surface area (Å²) in [7, 11) is 0. The molecule has 0 saturated carbocycles. The summed E-state index contributed by atoms with van der Waals surface area (Å²) in [5.74, 6) is 0.108.